The Balaban J connectivity index is -0.0000000910. The van der Waals surface area contributed by atoms with Crippen LogP contribution in [0.25, 0.3) is 0 Å². The Morgan fingerprint density at radius 1 is 1.30 bits per heavy atom. The molecule has 0 bridgehead atoms. The van der Waals surface area contributed by atoms with E-state index in [4.69, 9.17) is 32.8 Å². The average molecular weight is 242 g/mol. The second-order valence-corrected chi connectivity index (χ2v) is 1.58. The van der Waals surface area contributed by atoms with Crippen LogP contribution in [0.5, 0.6) is 0 Å². The van der Waals surface area contributed by atoms with Gasteiger partial charge in [0.1, 0.15) is 0 Å². The molecule has 10 heteroatoms. The van der Waals surface area contributed by atoms with E-state index in [9.17, 15) is 0 Å². The third-order valence-corrected chi connectivity index (χ3v) is 0. The number of hydrogen-bond donors (Lipinski definition) is 3. The summed E-state index contributed by atoms with van der Waals surface area (Å²) in [5.74, 6) is 0. The normalized spacial score (nSPS) is 8.20. The van der Waals surface area contributed by atoms with E-state index < -0.39 is 15.5 Å². The van der Waals surface area contributed by atoms with Gasteiger partial charge in [0.05, 0.1) is 0 Å². The third-order valence-electron chi connectivity index (χ3n) is 0. The zero-order valence-corrected chi connectivity index (χ0v) is 6.77. The van der Waals surface area contributed by atoms with E-state index in [0.29, 0.717) is 0 Å². The van der Waals surface area contributed by atoms with Crippen molar-refractivity contribution in [2.24, 2.45) is 0 Å². The standard InChI is InChI=1S/BrH.HNO3.H2O4S/c;2-1(3)4;1-5(2,3)4/h1H;(H,2,3,4);(H2,1,2,3,4). The van der Waals surface area contributed by atoms with Gasteiger partial charge in [-0.1, -0.05) is 0 Å². The molecule has 3 N–H and O–H groups in total. The Morgan fingerprint density at radius 3 is 1.30 bits per heavy atom. The summed E-state index contributed by atoms with van der Waals surface area (Å²) in [4.78, 5) is 8.36. The molecule has 0 rings (SSSR count). The van der Waals surface area contributed by atoms with E-state index in [1.54, 1.807) is 0 Å². The number of hydrogen-bond acceptors (Lipinski definition) is 4. The molecule has 0 saturated heterocycles. The summed E-state index contributed by atoms with van der Waals surface area (Å²) in [6, 6.07) is 0. The van der Waals surface area contributed by atoms with Crippen molar-refractivity contribution in [1.82, 2.24) is 0 Å². The number of rotatable bonds is 0. The topological polar surface area (TPSA) is 138 Å². The highest BCUT2D eigenvalue weighted by atomic mass is 79.9. The van der Waals surface area contributed by atoms with Gasteiger partial charge in [-0.3, -0.25) is 9.11 Å². The van der Waals surface area contributed by atoms with Crippen LogP contribution in [0, 0.1) is 10.1 Å². The Labute approximate surface area is 65.9 Å². The highest BCUT2D eigenvalue weighted by Crippen LogP contribution is 1.59. The fraction of sp³-hybridized carbons (Fsp3) is 0. The molecule has 8 nitrogen and oxygen atoms in total. The van der Waals surface area contributed by atoms with Crippen molar-refractivity contribution in [3.8, 4) is 0 Å². The van der Waals surface area contributed by atoms with Crippen molar-refractivity contribution < 1.29 is 27.8 Å². The molecule has 0 aromatic carbocycles. The number of nitrogens with zero attached hydrogens (tertiary/aromatic N) is 1. The van der Waals surface area contributed by atoms with Gasteiger partial charge in [0.2, 0.25) is 0 Å². The van der Waals surface area contributed by atoms with Crippen molar-refractivity contribution in [2.75, 3.05) is 0 Å². The van der Waals surface area contributed by atoms with E-state index in [-0.39, 0.29) is 17.0 Å². The van der Waals surface area contributed by atoms with Crippen molar-refractivity contribution in [3.63, 3.8) is 0 Å². The lowest BCUT2D eigenvalue weighted by Gasteiger charge is -1.68. The third kappa shape index (κ3) is 1600. The molecule has 0 fully saturated rings. The fourth-order valence-electron chi connectivity index (χ4n) is 0. The molecule has 0 spiro atoms. The van der Waals surface area contributed by atoms with Gasteiger partial charge in [-0.15, -0.1) is 27.1 Å². The summed E-state index contributed by atoms with van der Waals surface area (Å²) in [5, 5.41) is 13.6. The first-order valence-corrected chi connectivity index (χ1v) is 2.66. The maximum atomic E-state index is 8.74. The van der Waals surface area contributed by atoms with Crippen molar-refractivity contribution in [1.29, 1.82) is 0 Å². The number of halogens is 1. The maximum Gasteiger partial charge on any atom is 0.394 e. The largest absolute Gasteiger partial charge is 0.394 e. The predicted molar refractivity (Wildman–Crippen MR) is 33.3 cm³/mol. The summed E-state index contributed by atoms with van der Waals surface area (Å²) in [7, 11) is -4.67. The van der Waals surface area contributed by atoms with Gasteiger partial charge in [0.15, 0.2) is 0 Å². The monoisotopic (exact) mass is 241 g/mol. The second kappa shape index (κ2) is 6.67. The Kier molecular flexibility index (Phi) is 10.8. The van der Waals surface area contributed by atoms with Gasteiger partial charge >= 0.3 is 10.4 Å². The summed E-state index contributed by atoms with van der Waals surface area (Å²) >= 11 is 0. The quantitative estimate of drug-likeness (QED) is 0.297. The SMILES string of the molecule is Br.O=S(=O)(O)O.O=[N+]([O-])O. The van der Waals surface area contributed by atoms with E-state index in [2.05, 4.69) is 0 Å². The molecule has 0 amide bonds. The van der Waals surface area contributed by atoms with Gasteiger partial charge < -0.3 is 5.21 Å². The summed E-state index contributed by atoms with van der Waals surface area (Å²) in [5.41, 5.74) is 0. The molecule has 0 aromatic rings. The lowest BCUT2D eigenvalue weighted by atomic mass is 13.1. The van der Waals surface area contributed by atoms with Crippen LogP contribution in [-0.4, -0.2) is 27.8 Å². The van der Waals surface area contributed by atoms with Crippen molar-refractivity contribution in [3.05, 3.63) is 10.1 Å². The van der Waals surface area contributed by atoms with E-state index in [1.807, 2.05) is 0 Å². The van der Waals surface area contributed by atoms with E-state index >= 15 is 0 Å². The lowest BCUT2D eigenvalue weighted by Crippen LogP contribution is -1.89. The minimum atomic E-state index is -4.67. The minimum absolute atomic E-state index is 0. The first kappa shape index (κ1) is 16.3. The molecule has 0 aliphatic carbocycles. The van der Waals surface area contributed by atoms with Gasteiger partial charge in [-0.05, 0) is 0 Å². The maximum absolute atomic E-state index is 8.74. The van der Waals surface area contributed by atoms with Crippen LogP contribution in [0.2, 0.25) is 0 Å². The molecule has 0 saturated carbocycles. The van der Waals surface area contributed by atoms with Crippen LogP contribution in [0.15, 0.2) is 0 Å². The highest BCUT2D eigenvalue weighted by Gasteiger charge is 1.84. The van der Waals surface area contributed by atoms with Gasteiger partial charge in [0.25, 0.3) is 5.09 Å². The van der Waals surface area contributed by atoms with Crippen molar-refractivity contribution >= 4 is 27.4 Å². The molecule has 0 atom stereocenters. The highest BCUT2D eigenvalue weighted by molar-refractivity contribution is 8.93. The Bertz CT molecular complexity index is 156. The first-order chi connectivity index (χ1) is 3.73. The molecule has 0 unspecified atom stereocenters. The van der Waals surface area contributed by atoms with Gasteiger partial charge in [-0.2, -0.15) is 8.42 Å². The molecule has 0 aliphatic heterocycles. The second-order valence-electron chi connectivity index (χ2n) is 0.686. The van der Waals surface area contributed by atoms with Crippen LogP contribution >= 0.6 is 17.0 Å². The van der Waals surface area contributed by atoms with Crippen LogP contribution in [0.1, 0.15) is 0 Å². The predicted octanol–water partition coefficient (Wildman–Crippen LogP) is -0.423. The summed E-state index contributed by atoms with van der Waals surface area (Å²) < 4.78 is 31.6. The lowest BCUT2D eigenvalue weighted by molar-refractivity contribution is -0.742. The molecule has 0 aliphatic rings. The zero-order valence-electron chi connectivity index (χ0n) is 4.24. The van der Waals surface area contributed by atoms with Gasteiger partial charge in [-0.25, -0.2) is 0 Å². The molecule has 0 radical (unpaired) electrons. The fourth-order valence-corrected chi connectivity index (χ4v) is 0. The average Bonchev–Trinajstić information content (AvgIpc) is 1.19. The molecule has 10 heavy (non-hydrogen) atoms. The molecule has 0 aromatic heterocycles. The van der Waals surface area contributed by atoms with Crippen LogP contribution in [0.3, 0.4) is 0 Å². The smallest absolute Gasteiger partial charge is 0.328 e. The molecule has 0 heterocycles. The van der Waals surface area contributed by atoms with Crippen molar-refractivity contribution in [2.45, 2.75) is 0 Å². The van der Waals surface area contributed by atoms with Crippen LogP contribution in [0.4, 0.5) is 0 Å². The zero-order chi connectivity index (χ0) is 8.08. The first-order valence-electron chi connectivity index (χ1n) is 1.26. The molecular weight excluding hydrogens is 238 g/mol. The summed E-state index contributed by atoms with van der Waals surface area (Å²) in [6.45, 7) is 0. The molecule has 64 valence electrons. The van der Waals surface area contributed by atoms with Crippen LogP contribution in [-0.2, 0) is 10.4 Å². The molecular formula is H4BrNO7S. The Morgan fingerprint density at radius 2 is 1.30 bits per heavy atom. The van der Waals surface area contributed by atoms with Crippen LogP contribution < -0.4 is 0 Å². The Hall–Kier alpha value is -0.450. The van der Waals surface area contributed by atoms with Gasteiger partial charge in [0, 0.05) is 0 Å². The van der Waals surface area contributed by atoms with E-state index in [0.717, 1.165) is 0 Å². The summed E-state index contributed by atoms with van der Waals surface area (Å²) in [6.07, 6.45) is 0. The minimum Gasteiger partial charge on any atom is -0.328 e. The van der Waals surface area contributed by atoms with E-state index in [1.165, 1.54) is 0 Å².